The van der Waals surface area contributed by atoms with E-state index >= 15 is 0 Å². The van der Waals surface area contributed by atoms with Gasteiger partial charge in [-0.1, -0.05) is 0 Å². The monoisotopic (exact) mass is 436 g/mol. The SMILES string of the molecule is O.O.O.[Cl][Rh-3]([Cl])([Cl])([Cl])([Cl])[Cl].[Na+].[Na+].[Na+]. The van der Waals surface area contributed by atoms with Crippen molar-refractivity contribution in [2.24, 2.45) is 0 Å². The van der Waals surface area contributed by atoms with Crippen molar-refractivity contribution in [1.82, 2.24) is 0 Å². The van der Waals surface area contributed by atoms with Gasteiger partial charge in [0, 0.05) is 0 Å². The Morgan fingerprint density at radius 3 is 0.462 bits per heavy atom. The fourth-order valence-corrected chi connectivity index (χ4v) is 0. The van der Waals surface area contributed by atoms with Gasteiger partial charge in [0.1, 0.15) is 0 Å². The molecular formula is H6Cl6Na3O3Rh. The Morgan fingerprint density at radius 1 is 0.462 bits per heavy atom. The van der Waals surface area contributed by atoms with Crippen LogP contribution in [0.15, 0.2) is 0 Å². The Balaban J connectivity index is -0.0000000120. The van der Waals surface area contributed by atoms with Gasteiger partial charge < -0.3 is 16.4 Å². The number of rotatable bonds is 0. The molecule has 3 nitrogen and oxygen atoms in total. The number of hydrogen-bond acceptors (Lipinski definition) is 0. The predicted molar refractivity (Wildman–Crippen MR) is 46.0 cm³/mol. The van der Waals surface area contributed by atoms with E-state index < -0.39 is 6.48 Å². The summed E-state index contributed by atoms with van der Waals surface area (Å²) >= 11 is 0. The van der Waals surface area contributed by atoms with Crippen LogP contribution in [0.2, 0.25) is 0 Å². The van der Waals surface area contributed by atoms with Crippen molar-refractivity contribution < 1.29 is 112 Å². The van der Waals surface area contributed by atoms with Gasteiger partial charge in [-0.2, -0.15) is 0 Å². The molecule has 0 heterocycles. The molecule has 0 aromatic heterocycles. The van der Waals surface area contributed by atoms with Crippen molar-refractivity contribution >= 4 is 58.1 Å². The molecule has 0 aromatic rings. The molecule has 6 N–H and O–H groups in total. The largest absolute Gasteiger partial charge is 1.00 e. The van der Waals surface area contributed by atoms with E-state index in [4.69, 9.17) is 58.1 Å². The maximum absolute atomic E-state index is 5.15. The van der Waals surface area contributed by atoms with Crippen LogP contribution in [0.25, 0.3) is 0 Å². The summed E-state index contributed by atoms with van der Waals surface area (Å²) in [4.78, 5) is 0. The summed E-state index contributed by atoms with van der Waals surface area (Å²) < 4.78 is 0. The molecule has 0 unspecified atom stereocenters. The van der Waals surface area contributed by atoms with Crippen LogP contribution in [0, 0.1) is 0 Å². The van der Waals surface area contributed by atoms with Gasteiger partial charge in [0.05, 0.1) is 0 Å². The van der Waals surface area contributed by atoms with Gasteiger partial charge >= 0.3 is 153 Å². The molecular weight excluding hydrogens is 433 g/mol. The van der Waals surface area contributed by atoms with Crippen LogP contribution < -0.4 is 88.7 Å². The Morgan fingerprint density at radius 2 is 0.462 bits per heavy atom. The first-order valence-corrected chi connectivity index (χ1v) is 13.4. The van der Waals surface area contributed by atoms with Crippen molar-refractivity contribution in [3.05, 3.63) is 0 Å². The Labute approximate surface area is 166 Å². The van der Waals surface area contributed by atoms with E-state index in [9.17, 15) is 0 Å². The average molecular weight is 439 g/mol. The fourth-order valence-electron chi connectivity index (χ4n) is 0. The van der Waals surface area contributed by atoms with Gasteiger partial charge in [0.25, 0.3) is 0 Å². The molecule has 0 amide bonds. The van der Waals surface area contributed by atoms with Crippen LogP contribution in [0.1, 0.15) is 0 Å². The third-order valence-corrected chi connectivity index (χ3v) is 0. The van der Waals surface area contributed by atoms with Crippen LogP contribution in [-0.2, 0) is 6.48 Å². The second-order valence-electron chi connectivity index (χ2n) is 0.714. The maximum Gasteiger partial charge on any atom is 1.00 e. The summed E-state index contributed by atoms with van der Waals surface area (Å²) in [6.07, 6.45) is 0. The smallest absolute Gasteiger partial charge is 1.00 e. The van der Waals surface area contributed by atoms with Crippen LogP contribution in [-0.4, -0.2) is 16.4 Å². The first-order valence-electron chi connectivity index (χ1n) is 0.756. The molecule has 13 heteroatoms. The van der Waals surface area contributed by atoms with Gasteiger partial charge in [-0.05, 0) is 0 Å². The van der Waals surface area contributed by atoms with Crippen molar-refractivity contribution in [2.75, 3.05) is 0 Å². The van der Waals surface area contributed by atoms with Crippen LogP contribution in [0.4, 0.5) is 0 Å². The van der Waals surface area contributed by atoms with E-state index in [1.54, 1.807) is 0 Å². The van der Waals surface area contributed by atoms with E-state index in [1.807, 2.05) is 0 Å². The summed E-state index contributed by atoms with van der Waals surface area (Å²) in [5, 5.41) is 0. The normalized spacial score (nSPS) is 12.5. The second kappa shape index (κ2) is 11.1. The zero-order valence-corrected chi connectivity index (χ0v) is 19.3. The van der Waals surface area contributed by atoms with Crippen molar-refractivity contribution in [1.29, 1.82) is 0 Å². The first-order chi connectivity index (χ1) is 2.45. The number of hydrogen-bond donors (Lipinski definition) is 0. The van der Waals surface area contributed by atoms with E-state index in [0.29, 0.717) is 0 Å². The summed E-state index contributed by atoms with van der Waals surface area (Å²) in [5.74, 6) is 0. The second-order valence-corrected chi connectivity index (χ2v) is 38.0. The summed E-state index contributed by atoms with van der Waals surface area (Å²) in [6.45, 7) is -5.15. The molecule has 0 aliphatic heterocycles. The molecule has 0 rings (SSSR count). The Bertz CT molecular complexity index is 81.7. The topological polar surface area (TPSA) is 94.5 Å². The minimum Gasteiger partial charge on any atom is 1.00 e. The third-order valence-electron chi connectivity index (χ3n) is 0. The molecule has 0 aliphatic rings. The zero-order valence-electron chi connectivity index (χ0n) is 7.10. The molecule has 0 fully saturated rings. The van der Waals surface area contributed by atoms with E-state index in [2.05, 4.69) is 0 Å². The molecule has 78 valence electrons. The summed E-state index contributed by atoms with van der Waals surface area (Å²) in [6, 6.07) is 0. The zero-order chi connectivity index (χ0) is 6.41. The van der Waals surface area contributed by atoms with Crippen molar-refractivity contribution in [2.45, 2.75) is 0 Å². The van der Waals surface area contributed by atoms with Crippen LogP contribution in [0.3, 0.4) is 0 Å². The molecule has 0 radical (unpaired) electrons. The standard InChI is InChI=1S/6ClH.3Na.3H2O.Rh/h6*1H;;;;3*1H2;/q;;;;;;3*+1;;;;+3/p-6. The minimum atomic E-state index is -5.15. The molecule has 0 aromatic carbocycles. The van der Waals surface area contributed by atoms with E-state index in [1.165, 1.54) is 0 Å². The predicted octanol–water partition coefficient (Wildman–Crippen LogP) is -7.33. The fraction of sp³-hybridized carbons (Fsp3) is 0. The first kappa shape index (κ1) is 42.9. The third kappa shape index (κ3) is 146. The van der Waals surface area contributed by atoms with Crippen LogP contribution >= 0.6 is 58.1 Å². The Hall–Kier alpha value is 5.24. The van der Waals surface area contributed by atoms with Crippen molar-refractivity contribution in [3.8, 4) is 0 Å². The molecule has 0 atom stereocenters. The van der Waals surface area contributed by atoms with Gasteiger partial charge in [0.15, 0.2) is 0 Å². The quantitative estimate of drug-likeness (QED) is 0.336. The maximum atomic E-state index is 5.04. The van der Waals surface area contributed by atoms with Crippen molar-refractivity contribution in [3.63, 3.8) is 0 Å². The van der Waals surface area contributed by atoms with E-state index in [-0.39, 0.29) is 105 Å². The summed E-state index contributed by atoms with van der Waals surface area (Å²) in [5.41, 5.74) is 0. The molecule has 0 bridgehead atoms. The average Bonchev–Trinajstić information content (AvgIpc) is 0.592. The van der Waals surface area contributed by atoms with Gasteiger partial charge in [-0.25, -0.2) is 0 Å². The van der Waals surface area contributed by atoms with Gasteiger partial charge in [-0.3, -0.25) is 0 Å². The molecule has 0 spiro atoms. The number of halogens is 6. The van der Waals surface area contributed by atoms with Gasteiger partial charge in [0.2, 0.25) is 0 Å². The molecule has 0 saturated carbocycles. The summed E-state index contributed by atoms with van der Waals surface area (Å²) in [7, 11) is 30.2. The Kier molecular flexibility index (Phi) is 36.6. The molecule has 0 saturated heterocycles. The minimum absolute atomic E-state index is 0. The molecule has 0 aliphatic carbocycles. The molecule has 13 heavy (non-hydrogen) atoms. The van der Waals surface area contributed by atoms with E-state index in [0.717, 1.165) is 0 Å². The van der Waals surface area contributed by atoms with Crippen LogP contribution in [0.5, 0.6) is 0 Å². The van der Waals surface area contributed by atoms with Gasteiger partial charge in [-0.15, -0.1) is 0 Å².